The highest BCUT2D eigenvalue weighted by atomic mass is 32.1. The number of fused-ring (bicyclic) bond motifs is 1. The molecule has 0 aliphatic carbocycles. The minimum Gasteiger partial charge on any atom is -0.494 e. The van der Waals surface area contributed by atoms with Crippen molar-refractivity contribution in [1.29, 1.82) is 0 Å². The van der Waals surface area contributed by atoms with E-state index in [1.807, 2.05) is 6.92 Å². The molecule has 11 heteroatoms. The highest BCUT2D eigenvalue weighted by Gasteiger charge is 2.20. The van der Waals surface area contributed by atoms with E-state index in [1.54, 1.807) is 31.5 Å². The van der Waals surface area contributed by atoms with Gasteiger partial charge >= 0.3 is 6.03 Å². The van der Waals surface area contributed by atoms with Crippen LogP contribution in [0.3, 0.4) is 0 Å². The largest absolute Gasteiger partial charge is 0.494 e. The van der Waals surface area contributed by atoms with E-state index in [9.17, 15) is 9.90 Å². The summed E-state index contributed by atoms with van der Waals surface area (Å²) in [6.45, 7) is 3.85. The van der Waals surface area contributed by atoms with E-state index in [-0.39, 0.29) is 17.5 Å². The van der Waals surface area contributed by atoms with E-state index in [0.717, 1.165) is 0 Å². The average Bonchev–Trinajstić information content (AvgIpc) is 3.21. The molecule has 0 radical (unpaired) electrons. The van der Waals surface area contributed by atoms with Gasteiger partial charge in [-0.15, -0.1) is 0 Å². The molecule has 9 nitrogen and oxygen atoms in total. The first-order chi connectivity index (χ1) is 15.9. The van der Waals surface area contributed by atoms with Crippen LogP contribution in [0.25, 0.3) is 32.6 Å². The Hall–Kier alpha value is -3.70. The van der Waals surface area contributed by atoms with Crippen molar-refractivity contribution in [3.63, 3.8) is 0 Å². The van der Waals surface area contributed by atoms with Crippen molar-refractivity contribution in [2.45, 2.75) is 20.0 Å². The minimum absolute atomic E-state index is 0.0633. The Bertz CT molecular complexity index is 1310. The molecule has 0 saturated heterocycles. The molecule has 0 bridgehead atoms. The number of carbonyl (C=O) groups is 1. The van der Waals surface area contributed by atoms with Crippen molar-refractivity contribution < 1.29 is 19.0 Å². The number of urea groups is 1. The van der Waals surface area contributed by atoms with Gasteiger partial charge < -0.3 is 15.2 Å². The quantitative estimate of drug-likeness (QED) is 0.388. The number of aromatic nitrogens is 4. The molecule has 33 heavy (non-hydrogen) atoms. The minimum atomic E-state index is -0.798. The van der Waals surface area contributed by atoms with Gasteiger partial charge in [-0.05, 0) is 31.5 Å². The number of aliphatic hydroxyl groups excluding tert-OH is 1. The molecule has 4 rings (SSSR count). The van der Waals surface area contributed by atoms with Crippen LogP contribution in [0.2, 0.25) is 0 Å². The van der Waals surface area contributed by atoms with Gasteiger partial charge in [0.1, 0.15) is 11.8 Å². The second-order valence-corrected chi connectivity index (χ2v) is 8.06. The van der Waals surface area contributed by atoms with Crippen molar-refractivity contribution in [1.82, 2.24) is 25.3 Å². The lowest BCUT2D eigenvalue weighted by atomic mass is 10.0. The van der Waals surface area contributed by atoms with E-state index >= 15 is 4.39 Å². The number of pyridine rings is 1. The highest BCUT2D eigenvalue weighted by Crippen LogP contribution is 2.40. The third-order valence-electron chi connectivity index (χ3n) is 4.76. The number of nitrogens with one attached hydrogen (secondary N) is 2. The molecule has 3 heterocycles. The van der Waals surface area contributed by atoms with E-state index in [4.69, 9.17) is 4.74 Å². The first-order valence-electron chi connectivity index (χ1n) is 10.1. The normalized spacial score (nSPS) is 11.9. The predicted molar refractivity (Wildman–Crippen MR) is 124 cm³/mol. The monoisotopic (exact) mass is 468 g/mol. The lowest BCUT2D eigenvalue weighted by Gasteiger charge is -2.10. The van der Waals surface area contributed by atoms with Crippen molar-refractivity contribution in [3.05, 3.63) is 48.4 Å². The van der Waals surface area contributed by atoms with E-state index in [0.29, 0.717) is 44.4 Å². The highest BCUT2D eigenvalue weighted by molar-refractivity contribution is 7.22. The zero-order valence-corrected chi connectivity index (χ0v) is 18.9. The molecule has 1 aromatic carbocycles. The molecule has 1 atom stereocenters. The second-order valence-electron chi connectivity index (χ2n) is 7.06. The molecule has 4 aromatic rings. The maximum absolute atomic E-state index is 15.1. The molecule has 1 unspecified atom stereocenters. The van der Waals surface area contributed by atoms with Crippen molar-refractivity contribution >= 4 is 32.7 Å². The number of rotatable bonds is 6. The second kappa shape index (κ2) is 9.43. The first-order valence-corrected chi connectivity index (χ1v) is 10.9. The molecular formula is C22H21FN6O3S. The number of carbonyl (C=O) groups excluding carboxylic acids is 1. The Labute approximate surface area is 192 Å². The number of methoxy groups -OCH3 is 1. The summed E-state index contributed by atoms with van der Waals surface area (Å²) >= 11 is 1.21. The van der Waals surface area contributed by atoms with Gasteiger partial charge in [0.2, 0.25) is 0 Å². The molecule has 0 aliphatic rings. The Kier molecular flexibility index (Phi) is 6.43. The molecule has 0 spiro atoms. The fraction of sp³-hybridized carbons (Fsp3) is 0.227. The van der Waals surface area contributed by atoms with E-state index in [2.05, 4.69) is 30.6 Å². The van der Waals surface area contributed by atoms with Crippen molar-refractivity contribution in [2.75, 3.05) is 19.0 Å². The molecule has 0 aliphatic heterocycles. The third-order valence-corrected chi connectivity index (χ3v) is 5.78. The number of nitrogens with zero attached hydrogens (tertiary/aromatic N) is 4. The maximum atomic E-state index is 15.1. The summed E-state index contributed by atoms with van der Waals surface area (Å²) in [4.78, 5) is 29.1. The zero-order chi connectivity index (χ0) is 23.5. The van der Waals surface area contributed by atoms with E-state index in [1.165, 1.54) is 30.7 Å². The van der Waals surface area contributed by atoms with Gasteiger partial charge in [0.15, 0.2) is 22.5 Å². The average molecular weight is 469 g/mol. The number of hydrogen-bond donors (Lipinski definition) is 3. The summed E-state index contributed by atoms with van der Waals surface area (Å²) in [7, 11) is 1.39. The van der Waals surface area contributed by atoms with Crippen LogP contribution < -0.4 is 15.4 Å². The summed E-state index contributed by atoms with van der Waals surface area (Å²) in [5, 5.41) is 15.4. The number of amides is 2. The molecule has 3 N–H and O–H groups in total. The van der Waals surface area contributed by atoms with Crippen LogP contribution in [0, 0.1) is 5.82 Å². The van der Waals surface area contributed by atoms with Gasteiger partial charge in [0.25, 0.3) is 0 Å². The summed E-state index contributed by atoms with van der Waals surface area (Å²) in [6, 6.07) is 4.63. The summed E-state index contributed by atoms with van der Waals surface area (Å²) in [6.07, 6.45) is 3.82. The van der Waals surface area contributed by atoms with Gasteiger partial charge in [-0.1, -0.05) is 11.3 Å². The summed E-state index contributed by atoms with van der Waals surface area (Å²) in [5.74, 6) is -0.248. The smallest absolute Gasteiger partial charge is 0.321 e. The number of hydrogen-bond acceptors (Lipinski definition) is 8. The Balaban J connectivity index is 1.89. The Morgan fingerprint density at radius 3 is 2.67 bits per heavy atom. The van der Waals surface area contributed by atoms with Crippen LogP contribution in [-0.4, -0.2) is 44.7 Å². The predicted octanol–water partition coefficient (Wildman–Crippen LogP) is 4.16. The molecular weight excluding hydrogens is 447 g/mol. The first kappa shape index (κ1) is 22.5. The Morgan fingerprint density at radius 2 is 2.00 bits per heavy atom. The third kappa shape index (κ3) is 4.59. The van der Waals surface area contributed by atoms with Crippen LogP contribution in [0.1, 0.15) is 25.8 Å². The van der Waals surface area contributed by atoms with Crippen LogP contribution in [0.4, 0.5) is 14.3 Å². The standard InChI is InChI=1S/C22H21FN6O3S/c1-4-24-21(31)29-22-28-15-8-12(13-9-26-20(11(2)30)27-10-13)7-14(19(15)33-22)18-17(23)16(32-3)5-6-25-18/h5-11,30H,4H2,1-3H3,(H2,24,28,29,31). The lowest BCUT2D eigenvalue weighted by Crippen LogP contribution is -2.28. The van der Waals surface area contributed by atoms with Gasteiger partial charge in [0.05, 0.1) is 17.3 Å². The number of halogens is 1. The molecule has 170 valence electrons. The number of anilines is 1. The molecule has 0 saturated carbocycles. The van der Waals surface area contributed by atoms with E-state index < -0.39 is 11.9 Å². The molecule has 0 fully saturated rings. The van der Waals surface area contributed by atoms with Gasteiger partial charge in [-0.3, -0.25) is 10.3 Å². The van der Waals surface area contributed by atoms with Gasteiger partial charge in [0, 0.05) is 42.3 Å². The van der Waals surface area contributed by atoms with Crippen LogP contribution in [0.5, 0.6) is 5.75 Å². The number of thiazole rings is 1. The maximum Gasteiger partial charge on any atom is 0.321 e. The van der Waals surface area contributed by atoms with Crippen molar-refractivity contribution in [2.24, 2.45) is 0 Å². The van der Waals surface area contributed by atoms with Crippen LogP contribution >= 0.6 is 11.3 Å². The fourth-order valence-electron chi connectivity index (χ4n) is 3.20. The van der Waals surface area contributed by atoms with Crippen LogP contribution in [0.15, 0.2) is 36.8 Å². The van der Waals surface area contributed by atoms with Gasteiger partial charge in [-0.25, -0.2) is 24.1 Å². The summed E-state index contributed by atoms with van der Waals surface area (Å²) in [5.41, 5.74) is 2.45. The summed E-state index contributed by atoms with van der Waals surface area (Å²) < 4.78 is 20.9. The number of aliphatic hydroxyl groups is 1. The zero-order valence-electron chi connectivity index (χ0n) is 18.1. The Morgan fingerprint density at radius 1 is 1.24 bits per heavy atom. The fourth-order valence-corrected chi connectivity index (χ4v) is 4.16. The number of benzene rings is 1. The molecule has 3 aromatic heterocycles. The lowest BCUT2D eigenvalue weighted by molar-refractivity contribution is 0.189. The number of ether oxygens (including phenoxy) is 1. The van der Waals surface area contributed by atoms with Crippen molar-refractivity contribution in [3.8, 4) is 28.1 Å². The van der Waals surface area contributed by atoms with Crippen LogP contribution in [-0.2, 0) is 0 Å². The molecule has 2 amide bonds. The topological polar surface area (TPSA) is 122 Å². The SMILES string of the molecule is CCNC(=O)Nc1nc2cc(-c3cnc(C(C)O)nc3)cc(-c3nccc(OC)c3F)c2s1. The van der Waals surface area contributed by atoms with Gasteiger partial charge in [-0.2, -0.15) is 0 Å².